The van der Waals surface area contributed by atoms with Crippen molar-refractivity contribution in [3.8, 4) is 11.3 Å². The molecule has 0 fully saturated rings. The summed E-state index contributed by atoms with van der Waals surface area (Å²) in [6.45, 7) is 4.29. The molecule has 0 saturated carbocycles. The Balaban J connectivity index is 2.58. The molecule has 0 aliphatic rings. The van der Waals surface area contributed by atoms with Gasteiger partial charge in [0.25, 0.3) is 0 Å². The van der Waals surface area contributed by atoms with Gasteiger partial charge in [0.2, 0.25) is 0 Å². The Morgan fingerprint density at radius 2 is 1.86 bits per heavy atom. The maximum atomic E-state index is 2.22. The van der Waals surface area contributed by atoms with E-state index in [1.807, 2.05) is 0 Å². The second kappa shape index (κ2) is 3.33. The van der Waals surface area contributed by atoms with E-state index in [9.17, 15) is 0 Å². The molecule has 0 aliphatic carbocycles. The van der Waals surface area contributed by atoms with Crippen molar-refractivity contribution in [2.24, 2.45) is 7.05 Å². The molecular weight excluding hydrogens is 170 g/mol. The average Bonchev–Trinajstić information content (AvgIpc) is 2.52. The molecule has 2 rings (SSSR count). The lowest BCUT2D eigenvalue weighted by molar-refractivity contribution is 0.935. The number of rotatable bonds is 1. The maximum Gasteiger partial charge on any atom is 0.0480 e. The van der Waals surface area contributed by atoms with Gasteiger partial charge >= 0.3 is 0 Å². The summed E-state index contributed by atoms with van der Waals surface area (Å²) in [5, 5.41) is 0. The minimum atomic E-state index is 1.28. The Bertz CT molecular complexity index is 452. The minimum Gasteiger partial charge on any atom is -0.351 e. The van der Waals surface area contributed by atoms with Crippen molar-refractivity contribution in [3.63, 3.8) is 0 Å². The molecule has 0 atom stereocenters. The lowest BCUT2D eigenvalue weighted by Crippen LogP contribution is -1.91. The third-order valence-electron chi connectivity index (χ3n) is 2.60. The molecule has 0 unspecified atom stereocenters. The van der Waals surface area contributed by atoms with E-state index in [2.05, 4.69) is 62.0 Å². The van der Waals surface area contributed by atoms with Crippen LogP contribution in [0.5, 0.6) is 0 Å². The summed E-state index contributed by atoms with van der Waals surface area (Å²) in [5.41, 5.74) is 5.26. The highest BCUT2D eigenvalue weighted by Crippen LogP contribution is 2.23. The van der Waals surface area contributed by atoms with Crippen molar-refractivity contribution in [3.05, 3.63) is 47.7 Å². The first-order valence-electron chi connectivity index (χ1n) is 4.87. The zero-order valence-corrected chi connectivity index (χ0v) is 8.91. The summed E-state index contributed by atoms with van der Waals surface area (Å²) in [4.78, 5) is 0. The van der Waals surface area contributed by atoms with Crippen molar-refractivity contribution in [1.82, 2.24) is 4.57 Å². The molecular formula is C13H15N. The lowest BCUT2D eigenvalue weighted by atomic mass is 10.0. The topological polar surface area (TPSA) is 4.93 Å². The third kappa shape index (κ3) is 1.46. The predicted octanol–water partition coefficient (Wildman–Crippen LogP) is 3.31. The molecule has 1 aromatic carbocycles. The van der Waals surface area contributed by atoms with Gasteiger partial charge < -0.3 is 4.57 Å². The molecule has 1 nitrogen and oxygen atoms in total. The Morgan fingerprint density at radius 1 is 1.07 bits per heavy atom. The molecule has 72 valence electrons. The van der Waals surface area contributed by atoms with Gasteiger partial charge in [0.15, 0.2) is 0 Å². The average molecular weight is 185 g/mol. The minimum absolute atomic E-state index is 1.28. The van der Waals surface area contributed by atoms with Crippen LogP contribution in [0.1, 0.15) is 11.1 Å². The first-order chi connectivity index (χ1) is 6.68. The smallest absolute Gasteiger partial charge is 0.0480 e. The van der Waals surface area contributed by atoms with Crippen molar-refractivity contribution in [2.45, 2.75) is 13.8 Å². The van der Waals surface area contributed by atoms with Crippen molar-refractivity contribution in [2.75, 3.05) is 0 Å². The molecule has 0 aliphatic heterocycles. The SMILES string of the molecule is Cc1ccc(-c2cccn2C)c(C)c1. The van der Waals surface area contributed by atoms with Crippen molar-refractivity contribution >= 4 is 0 Å². The Labute approximate surface area is 85.0 Å². The second-order valence-corrected chi connectivity index (χ2v) is 3.82. The zero-order chi connectivity index (χ0) is 10.1. The summed E-state index contributed by atoms with van der Waals surface area (Å²) in [6.07, 6.45) is 2.08. The summed E-state index contributed by atoms with van der Waals surface area (Å²) in [5.74, 6) is 0. The molecule has 0 saturated heterocycles. The van der Waals surface area contributed by atoms with Crippen LogP contribution in [0.4, 0.5) is 0 Å². The number of hydrogen-bond acceptors (Lipinski definition) is 0. The van der Waals surface area contributed by atoms with Crippen LogP contribution in [0, 0.1) is 13.8 Å². The monoisotopic (exact) mass is 185 g/mol. The van der Waals surface area contributed by atoms with Crippen LogP contribution < -0.4 is 0 Å². The number of aromatic nitrogens is 1. The highest BCUT2D eigenvalue weighted by Gasteiger charge is 2.03. The second-order valence-electron chi connectivity index (χ2n) is 3.82. The molecule has 0 N–H and O–H groups in total. The van der Waals surface area contributed by atoms with Gasteiger partial charge in [0, 0.05) is 24.5 Å². The Hall–Kier alpha value is -1.50. The van der Waals surface area contributed by atoms with Gasteiger partial charge in [-0.15, -0.1) is 0 Å². The number of benzene rings is 1. The van der Waals surface area contributed by atoms with Crippen LogP contribution in [-0.2, 0) is 7.05 Å². The van der Waals surface area contributed by atoms with E-state index in [1.165, 1.54) is 22.4 Å². The molecule has 0 amide bonds. The summed E-state index contributed by atoms with van der Waals surface area (Å²) in [6, 6.07) is 10.8. The normalized spacial score (nSPS) is 10.5. The van der Waals surface area contributed by atoms with Crippen molar-refractivity contribution < 1.29 is 0 Å². The van der Waals surface area contributed by atoms with E-state index >= 15 is 0 Å². The van der Waals surface area contributed by atoms with Gasteiger partial charge in [-0.25, -0.2) is 0 Å². The number of hydrogen-bond donors (Lipinski definition) is 0. The highest BCUT2D eigenvalue weighted by molar-refractivity contribution is 5.64. The van der Waals surface area contributed by atoms with Crippen molar-refractivity contribution in [1.29, 1.82) is 0 Å². The van der Waals surface area contributed by atoms with Gasteiger partial charge in [-0.05, 0) is 31.5 Å². The van der Waals surface area contributed by atoms with E-state index in [1.54, 1.807) is 0 Å². The standard InChI is InChI=1S/C13H15N/c1-10-6-7-12(11(2)9-10)13-5-4-8-14(13)3/h4-9H,1-3H3. The maximum absolute atomic E-state index is 2.22. The molecule has 0 radical (unpaired) electrons. The van der Waals surface area contributed by atoms with Crippen LogP contribution in [0.2, 0.25) is 0 Å². The number of aryl methyl sites for hydroxylation is 3. The Kier molecular flexibility index (Phi) is 2.16. The van der Waals surface area contributed by atoms with Crippen LogP contribution in [0.25, 0.3) is 11.3 Å². The van der Waals surface area contributed by atoms with Crippen LogP contribution >= 0.6 is 0 Å². The number of nitrogens with zero attached hydrogens (tertiary/aromatic N) is 1. The first-order valence-corrected chi connectivity index (χ1v) is 4.87. The van der Waals surface area contributed by atoms with E-state index in [0.29, 0.717) is 0 Å². The molecule has 1 aromatic heterocycles. The van der Waals surface area contributed by atoms with Crippen LogP contribution in [-0.4, -0.2) is 4.57 Å². The quantitative estimate of drug-likeness (QED) is 0.642. The van der Waals surface area contributed by atoms with Gasteiger partial charge in [-0.3, -0.25) is 0 Å². The van der Waals surface area contributed by atoms with E-state index < -0.39 is 0 Å². The van der Waals surface area contributed by atoms with Gasteiger partial charge in [-0.1, -0.05) is 23.8 Å². The zero-order valence-electron chi connectivity index (χ0n) is 8.91. The Morgan fingerprint density at radius 3 is 2.43 bits per heavy atom. The summed E-state index contributed by atoms with van der Waals surface area (Å²) < 4.78 is 2.15. The van der Waals surface area contributed by atoms with E-state index in [4.69, 9.17) is 0 Å². The molecule has 0 spiro atoms. The first kappa shape index (κ1) is 9.07. The predicted molar refractivity (Wildman–Crippen MR) is 60.3 cm³/mol. The van der Waals surface area contributed by atoms with Gasteiger partial charge in [-0.2, -0.15) is 0 Å². The fourth-order valence-electron chi connectivity index (χ4n) is 1.84. The summed E-state index contributed by atoms with van der Waals surface area (Å²) >= 11 is 0. The summed E-state index contributed by atoms with van der Waals surface area (Å²) in [7, 11) is 2.08. The fourth-order valence-corrected chi connectivity index (χ4v) is 1.84. The molecule has 14 heavy (non-hydrogen) atoms. The highest BCUT2D eigenvalue weighted by atomic mass is 14.9. The van der Waals surface area contributed by atoms with E-state index in [0.717, 1.165) is 0 Å². The molecule has 1 heterocycles. The van der Waals surface area contributed by atoms with E-state index in [-0.39, 0.29) is 0 Å². The van der Waals surface area contributed by atoms with Crippen LogP contribution in [0.15, 0.2) is 36.5 Å². The van der Waals surface area contributed by atoms with Gasteiger partial charge in [0.1, 0.15) is 0 Å². The largest absolute Gasteiger partial charge is 0.351 e. The van der Waals surface area contributed by atoms with Gasteiger partial charge in [0.05, 0.1) is 0 Å². The fraction of sp³-hybridized carbons (Fsp3) is 0.231. The molecule has 1 heteroatoms. The lowest BCUT2D eigenvalue weighted by Gasteiger charge is -2.07. The van der Waals surface area contributed by atoms with Crippen LogP contribution in [0.3, 0.4) is 0 Å². The third-order valence-corrected chi connectivity index (χ3v) is 2.60. The molecule has 2 aromatic rings. The molecule has 0 bridgehead atoms.